The Labute approximate surface area is 168 Å². The van der Waals surface area contributed by atoms with Gasteiger partial charge in [-0.15, -0.1) is 0 Å². The molecule has 1 aliphatic heterocycles. The van der Waals surface area contributed by atoms with Crippen molar-refractivity contribution < 1.29 is 18.7 Å². The van der Waals surface area contributed by atoms with E-state index in [1.54, 1.807) is 41.3 Å². The molecule has 1 heterocycles. The van der Waals surface area contributed by atoms with Gasteiger partial charge in [-0.05, 0) is 61.4 Å². The van der Waals surface area contributed by atoms with Crippen molar-refractivity contribution in [2.75, 3.05) is 26.2 Å². The van der Waals surface area contributed by atoms with Crippen molar-refractivity contribution in [2.24, 2.45) is 5.92 Å². The molecule has 1 aliphatic rings. The Bertz CT molecular complexity index is 811. The van der Waals surface area contributed by atoms with E-state index in [1.165, 1.54) is 12.1 Å². The number of piperidine rings is 1. The zero-order chi connectivity index (χ0) is 19.9. The second kappa shape index (κ2) is 9.55. The fraction of sp³-hybridized carbons (Fsp3) is 0.333. The molecule has 7 heteroatoms. The first-order chi connectivity index (χ1) is 13.5. The van der Waals surface area contributed by atoms with Crippen LogP contribution in [0.15, 0.2) is 48.5 Å². The smallest absolute Gasteiger partial charge is 0.253 e. The van der Waals surface area contributed by atoms with Crippen LogP contribution in [0.1, 0.15) is 23.2 Å². The Morgan fingerprint density at radius 3 is 2.57 bits per heavy atom. The minimum atomic E-state index is -0.323. The topological polar surface area (TPSA) is 58.6 Å². The zero-order valence-corrected chi connectivity index (χ0v) is 16.1. The van der Waals surface area contributed by atoms with E-state index >= 15 is 0 Å². The summed E-state index contributed by atoms with van der Waals surface area (Å²) in [5.74, 6) is -0.190. The first-order valence-electron chi connectivity index (χ1n) is 9.24. The third-order valence-corrected chi connectivity index (χ3v) is 4.91. The Morgan fingerprint density at radius 1 is 1.14 bits per heavy atom. The van der Waals surface area contributed by atoms with Crippen LogP contribution in [0.2, 0.25) is 5.02 Å². The van der Waals surface area contributed by atoms with Crippen molar-refractivity contribution in [2.45, 2.75) is 12.8 Å². The number of carbonyl (C=O) groups is 2. The number of halogens is 2. The van der Waals surface area contributed by atoms with Crippen molar-refractivity contribution in [1.29, 1.82) is 0 Å². The molecular weight excluding hydrogens is 383 g/mol. The quantitative estimate of drug-likeness (QED) is 0.749. The predicted molar refractivity (Wildman–Crippen MR) is 105 cm³/mol. The van der Waals surface area contributed by atoms with Gasteiger partial charge in [-0.1, -0.05) is 11.6 Å². The molecule has 0 unspecified atom stereocenters. The lowest BCUT2D eigenvalue weighted by molar-refractivity contribution is -0.126. The SMILES string of the molecule is O=C(NCCOc1ccc(F)cc1)[C@H]1CCCN(C(=O)c2ccc(Cl)cc2)C1. The van der Waals surface area contributed by atoms with Crippen molar-refractivity contribution in [1.82, 2.24) is 10.2 Å². The number of likely N-dealkylation sites (tertiary alicyclic amines) is 1. The van der Waals surface area contributed by atoms with Gasteiger partial charge in [0.2, 0.25) is 5.91 Å². The molecule has 2 amide bonds. The van der Waals surface area contributed by atoms with Gasteiger partial charge in [0.25, 0.3) is 5.91 Å². The van der Waals surface area contributed by atoms with Crippen LogP contribution < -0.4 is 10.1 Å². The summed E-state index contributed by atoms with van der Waals surface area (Å²) in [6.45, 7) is 1.67. The second-order valence-corrected chi connectivity index (χ2v) is 7.13. The molecule has 1 saturated heterocycles. The predicted octanol–water partition coefficient (Wildman–Crippen LogP) is 3.53. The fourth-order valence-corrected chi connectivity index (χ4v) is 3.29. The molecule has 0 bridgehead atoms. The van der Waals surface area contributed by atoms with E-state index in [1.807, 2.05) is 0 Å². The highest BCUT2D eigenvalue weighted by Crippen LogP contribution is 2.20. The summed E-state index contributed by atoms with van der Waals surface area (Å²) >= 11 is 5.87. The summed E-state index contributed by atoms with van der Waals surface area (Å²) in [6, 6.07) is 12.5. The van der Waals surface area contributed by atoms with Gasteiger partial charge in [-0.2, -0.15) is 0 Å². The van der Waals surface area contributed by atoms with Crippen molar-refractivity contribution >= 4 is 23.4 Å². The average molecular weight is 405 g/mol. The van der Waals surface area contributed by atoms with Gasteiger partial charge in [0, 0.05) is 23.7 Å². The van der Waals surface area contributed by atoms with Gasteiger partial charge in [-0.25, -0.2) is 4.39 Å². The highest BCUT2D eigenvalue weighted by Gasteiger charge is 2.28. The van der Waals surface area contributed by atoms with Crippen LogP contribution in [0.3, 0.4) is 0 Å². The third kappa shape index (κ3) is 5.45. The van der Waals surface area contributed by atoms with E-state index in [0.717, 1.165) is 12.8 Å². The normalized spacial score (nSPS) is 16.5. The Hall–Kier alpha value is -2.60. The molecule has 2 aromatic carbocycles. The number of benzene rings is 2. The Balaban J connectivity index is 1.45. The molecule has 1 atom stereocenters. The number of rotatable bonds is 6. The van der Waals surface area contributed by atoms with Crippen LogP contribution >= 0.6 is 11.6 Å². The summed E-state index contributed by atoms with van der Waals surface area (Å²) in [6.07, 6.45) is 1.53. The van der Waals surface area contributed by atoms with Crippen LogP contribution in [0.25, 0.3) is 0 Å². The number of ether oxygens (including phenoxy) is 1. The van der Waals surface area contributed by atoms with E-state index in [2.05, 4.69) is 5.32 Å². The van der Waals surface area contributed by atoms with E-state index in [0.29, 0.717) is 36.0 Å². The maximum Gasteiger partial charge on any atom is 0.253 e. The third-order valence-electron chi connectivity index (χ3n) is 4.65. The molecule has 0 saturated carbocycles. The van der Waals surface area contributed by atoms with Crippen LogP contribution in [0.4, 0.5) is 4.39 Å². The number of nitrogens with zero attached hydrogens (tertiary/aromatic N) is 1. The molecule has 0 aliphatic carbocycles. The minimum Gasteiger partial charge on any atom is -0.492 e. The number of hydrogen-bond donors (Lipinski definition) is 1. The monoisotopic (exact) mass is 404 g/mol. The van der Waals surface area contributed by atoms with Gasteiger partial charge in [0.15, 0.2) is 0 Å². The summed E-state index contributed by atoms with van der Waals surface area (Å²) in [4.78, 5) is 26.8. The second-order valence-electron chi connectivity index (χ2n) is 6.69. The molecule has 28 heavy (non-hydrogen) atoms. The van der Waals surface area contributed by atoms with Crippen LogP contribution in [0.5, 0.6) is 5.75 Å². The van der Waals surface area contributed by atoms with Gasteiger partial charge >= 0.3 is 0 Å². The van der Waals surface area contributed by atoms with Gasteiger partial charge < -0.3 is 15.0 Å². The molecule has 1 N–H and O–H groups in total. The molecular formula is C21H22ClFN2O3. The largest absolute Gasteiger partial charge is 0.492 e. The van der Waals surface area contributed by atoms with Crippen LogP contribution in [0, 0.1) is 11.7 Å². The lowest BCUT2D eigenvalue weighted by Gasteiger charge is -2.32. The molecule has 3 rings (SSSR count). The number of nitrogens with one attached hydrogen (secondary N) is 1. The summed E-state index contributed by atoms with van der Waals surface area (Å²) in [7, 11) is 0. The van der Waals surface area contributed by atoms with Gasteiger partial charge in [0.05, 0.1) is 12.5 Å². The molecule has 1 fully saturated rings. The minimum absolute atomic E-state index is 0.0867. The van der Waals surface area contributed by atoms with Crippen LogP contribution in [-0.4, -0.2) is 43.0 Å². The fourth-order valence-electron chi connectivity index (χ4n) is 3.17. The molecule has 148 valence electrons. The number of carbonyl (C=O) groups excluding carboxylic acids is 2. The van der Waals surface area contributed by atoms with E-state index in [4.69, 9.17) is 16.3 Å². The maximum atomic E-state index is 12.9. The Kier molecular flexibility index (Phi) is 6.87. The van der Waals surface area contributed by atoms with E-state index < -0.39 is 0 Å². The molecule has 0 radical (unpaired) electrons. The van der Waals surface area contributed by atoms with Gasteiger partial charge in [0.1, 0.15) is 18.2 Å². The number of amides is 2. The van der Waals surface area contributed by atoms with Crippen molar-refractivity contribution in [3.05, 3.63) is 64.9 Å². The molecule has 2 aromatic rings. The first-order valence-corrected chi connectivity index (χ1v) is 9.61. The Morgan fingerprint density at radius 2 is 1.86 bits per heavy atom. The van der Waals surface area contributed by atoms with Crippen LogP contribution in [-0.2, 0) is 4.79 Å². The summed E-state index contributed by atoms with van der Waals surface area (Å²) in [5.41, 5.74) is 0.568. The molecule has 0 aromatic heterocycles. The maximum absolute atomic E-state index is 12.9. The van der Waals surface area contributed by atoms with E-state index in [-0.39, 0.29) is 30.2 Å². The summed E-state index contributed by atoms with van der Waals surface area (Å²) in [5, 5.41) is 3.43. The number of hydrogen-bond acceptors (Lipinski definition) is 3. The lowest BCUT2D eigenvalue weighted by atomic mass is 9.96. The van der Waals surface area contributed by atoms with Crippen molar-refractivity contribution in [3.63, 3.8) is 0 Å². The standard InChI is InChI=1S/C21H22ClFN2O3/c22-17-5-3-15(4-6-17)21(27)25-12-1-2-16(14-25)20(26)24-11-13-28-19-9-7-18(23)8-10-19/h3-10,16H,1-2,11-14H2,(H,24,26)/t16-/m0/s1. The lowest BCUT2D eigenvalue weighted by Crippen LogP contribution is -2.46. The first kappa shape index (κ1) is 20.1. The zero-order valence-electron chi connectivity index (χ0n) is 15.4. The van der Waals surface area contributed by atoms with Gasteiger partial charge in [-0.3, -0.25) is 9.59 Å². The molecule has 5 nitrogen and oxygen atoms in total. The highest BCUT2D eigenvalue weighted by atomic mass is 35.5. The summed E-state index contributed by atoms with van der Waals surface area (Å²) < 4.78 is 18.3. The molecule has 0 spiro atoms. The average Bonchev–Trinajstić information content (AvgIpc) is 2.72. The highest BCUT2D eigenvalue weighted by molar-refractivity contribution is 6.30. The van der Waals surface area contributed by atoms with E-state index in [9.17, 15) is 14.0 Å². The van der Waals surface area contributed by atoms with Crippen molar-refractivity contribution in [3.8, 4) is 5.75 Å².